The van der Waals surface area contributed by atoms with Gasteiger partial charge in [0.05, 0.1) is 0 Å². The first-order valence-corrected chi connectivity index (χ1v) is 6.53. The van der Waals surface area contributed by atoms with Gasteiger partial charge in [-0.05, 0) is 25.2 Å². The van der Waals surface area contributed by atoms with Crippen LogP contribution in [0.1, 0.15) is 25.7 Å². The van der Waals surface area contributed by atoms with E-state index in [2.05, 4.69) is 0 Å². The summed E-state index contributed by atoms with van der Waals surface area (Å²) in [6.45, 7) is 0.799. The highest BCUT2D eigenvalue weighted by Gasteiger charge is 2.55. The molecule has 5 nitrogen and oxygen atoms in total. The number of carboxylic acid groups (broad SMARTS) is 1. The lowest BCUT2D eigenvalue weighted by Crippen LogP contribution is -2.56. The Balaban J connectivity index is 1.94. The molecule has 3 aliphatic rings. The molecule has 0 aromatic heterocycles. The maximum Gasteiger partial charge on any atom is 0.352 e. The zero-order chi connectivity index (χ0) is 12.9. The van der Waals surface area contributed by atoms with Crippen molar-refractivity contribution < 1.29 is 19.8 Å². The average Bonchev–Trinajstić information content (AvgIpc) is 2.56. The molecule has 2 heterocycles. The van der Waals surface area contributed by atoms with Crippen molar-refractivity contribution in [1.82, 2.24) is 4.90 Å². The number of hydrogen-bond donors (Lipinski definition) is 2. The SMILES string of the molecule is O=C(O)C1=C2C(=O)CCCC2C2C(CCO)CN12. The number of carbonyl (C=O) groups is 2. The summed E-state index contributed by atoms with van der Waals surface area (Å²) in [4.78, 5) is 25.2. The van der Waals surface area contributed by atoms with Crippen LogP contribution < -0.4 is 0 Å². The molecule has 3 rings (SSSR count). The Labute approximate surface area is 105 Å². The molecule has 2 aliphatic heterocycles. The molecule has 1 aliphatic carbocycles. The average molecular weight is 251 g/mol. The molecule has 18 heavy (non-hydrogen) atoms. The highest BCUT2D eigenvalue weighted by molar-refractivity contribution is 6.05. The van der Waals surface area contributed by atoms with Crippen molar-refractivity contribution in [3.05, 3.63) is 11.3 Å². The predicted molar refractivity (Wildman–Crippen MR) is 62.7 cm³/mol. The van der Waals surface area contributed by atoms with Crippen LogP contribution >= 0.6 is 0 Å². The van der Waals surface area contributed by atoms with Crippen molar-refractivity contribution in [1.29, 1.82) is 0 Å². The molecule has 0 aromatic rings. The quantitative estimate of drug-likeness (QED) is 0.758. The monoisotopic (exact) mass is 251 g/mol. The number of carboxylic acids is 1. The van der Waals surface area contributed by atoms with Gasteiger partial charge < -0.3 is 15.1 Å². The summed E-state index contributed by atoms with van der Waals surface area (Å²) >= 11 is 0. The minimum atomic E-state index is -0.977. The molecule has 98 valence electrons. The van der Waals surface area contributed by atoms with Gasteiger partial charge in [-0.1, -0.05) is 0 Å². The van der Waals surface area contributed by atoms with E-state index in [9.17, 15) is 14.7 Å². The van der Waals surface area contributed by atoms with E-state index in [0.29, 0.717) is 30.9 Å². The molecule has 3 unspecified atom stereocenters. The molecule has 5 heteroatoms. The normalized spacial score (nSPS) is 34.2. The highest BCUT2D eigenvalue weighted by atomic mass is 16.4. The van der Waals surface area contributed by atoms with Gasteiger partial charge in [-0.15, -0.1) is 0 Å². The first-order valence-electron chi connectivity index (χ1n) is 6.53. The van der Waals surface area contributed by atoms with Crippen molar-refractivity contribution in [2.75, 3.05) is 13.2 Å². The number of aliphatic carboxylic acids is 1. The van der Waals surface area contributed by atoms with Crippen molar-refractivity contribution in [3.63, 3.8) is 0 Å². The molecule has 1 saturated heterocycles. The van der Waals surface area contributed by atoms with Gasteiger partial charge >= 0.3 is 5.97 Å². The number of carbonyl (C=O) groups excluding carboxylic acids is 1. The lowest BCUT2D eigenvalue weighted by molar-refractivity contribution is -0.136. The Morgan fingerprint density at radius 2 is 2.22 bits per heavy atom. The molecule has 0 bridgehead atoms. The number of nitrogens with zero attached hydrogens (tertiary/aromatic N) is 1. The van der Waals surface area contributed by atoms with Gasteiger partial charge in [-0.3, -0.25) is 4.79 Å². The fourth-order valence-electron chi connectivity index (χ4n) is 3.82. The van der Waals surface area contributed by atoms with E-state index in [1.165, 1.54) is 0 Å². The van der Waals surface area contributed by atoms with Gasteiger partial charge in [0, 0.05) is 37.1 Å². The zero-order valence-corrected chi connectivity index (χ0v) is 10.1. The van der Waals surface area contributed by atoms with Crippen LogP contribution in [0.25, 0.3) is 0 Å². The van der Waals surface area contributed by atoms with Crippen molar-refractivity contribution >= 4 is 11.8 Å². The number of rotatable bonds is 3. The standard InChI is InChI=1S/C13H17NO4/c15-5-4-7-6-14-11(7)8-2-1-3-9(16)10(8)12(14)13(17)18/h7-8,11,15H,1-6H2,(H,17,18). The summed E-state index contributed by atoms with van der Waals surface area (Å²) in [5.41, 5.74) is 0.795. The first kappa shape index (κ1) is 11.7. The number of aliphatic hydroxyl groups is 1. The van der Waals surface area contributed by atoms with Crippen LogP contribution in [0.15, 0.2) is 11.3 Å². The van der Waals surface area contributed by atoms with Gasteiger partial charge in [0.2, 0.25) is 0 Å². The Morgan fingerprint density at radius 1 is 1.44 bits per heavy atom. The van der Waals surface area contributed by atoms with Crippen molar-refractivity contribution in [2.45, 2.75) is 31.7 Å². The van der Waals surface area contributed by atoms with Crippen LogP contribution in [0.4, 0.5) is 0 Å². The third-order valence-electron chi connectivity index (χ3n) is 4.52. The largest absolute Gasteiger partial charge is 0.477 e. The second kappa shape index (κ2) is 4.09. The van der Waals surface area contributed by atoms with E-state index in [0.717, 1.165) is 12.8 Å². The van der Waals surface area contributed by atoms with Gasteiger partial charge in [0.1, 0.15) is 5.70 Å². The van der Waals surface area contributed by atoms with E-state index >= 15 is 0 Å². The van der Waals surface area contributed by atoms with E-state index in [1.807, 2.05) is 4.90 Å². The first-order chi connectivity index (χ1) is 8.65. The zero-order valence-electron chi connectivity index (χ0n) is 10.1. The third-order valence-corrected chi connectivity index (χ3v) is 4.52. The summed E-state index contributed by atoms with van der Waals surface area (Å²) in [5, 5.41) is 18.3. The lowest BCUT2D eigenvalue weighted by Gasteiger charge is -2.48. The van der Waals surface area contributed by atoms with Gasteiger partial charge in [-0.2, -0.15) is 0 Å². The number of fused-ring (bicyclic) bond motifs is 3. The summed E-state index contributed by atoms with van der Waals surface area (Å²) < 4.78 is 0. The second-order valence-corrected chi connectivity index (χ2v) is 5.40. The number of ketones is 1. The summed E-state index contributed by atoms with van der Waals surface area (Å²) in [5.74, 6) is -0.545. The maximum absolute atomic E-state index is 12.0. The topological polar surface area (TPSA) is 77.8 Å². The number of Topliss-reactive ketones (excluding diaryl/α,β-unsaturated/α-hetero) is 1. The number of aliphatic hydroxyl groups excluding tert-OH is 1. The molecule has 1 saturated carbocycles. The Bertz CT molecular complexity index is 442. The molecule has 0 aromatic carbocycles. The molecule has 0 amide bonds. The Hall–Kier alpha value is -1.36. The minimum absolute atomic E-state index is 0.0146. The summed E-state index contributed by atoms with van der Waals surface area (Å²) in [7, 11) is 0. The van der Waals surface area contributed by atoms with Crippen molar-refractivity contribution in [2.24, 2.45) is 11.8 Å². The fraction of sp³-hybridized carbons (Fsp3) is 0.692. The summed E-state index contributed by atoms with van der Waals surface area (Å²) in [6.07, 6.45) is 2.94. The highest BCUT2D eigenvalue weighted by Crippen LogP contribution is 2.50. The number of hydrogen-bond acceptors (Lipinski definition) is 4. The van der Waals surface area contributed by atoms with Crippen LogP contribution in [-0.4, -0.2) is 46.1 Å². The second-order valence-electron chi connectivity index (χ2n) is 5.40. The molecule has 3 atom stereocenters. The van der Waals surface area contributed by atoms with E-state index in [-0.39, 0.29) is 30.0 Å². The van der Waals surface area contributed by atoms with E-state index in [4.69, 9.17) is 5.11 Å². The fourth-order valence-corrected chi connectivity index (χ4v) is 3.82. The predicted octanol–water partition coefficient (Wildman–Crippen LogP) is 0.391. The molecule has 2 N–H and O–H groups in total. The van der Waals surface area contributed by atoms with Crippen LogP contribution in [0, 0.1) is 11.8 Å². The Morgan fingerprint density at radius 3 is 2.89 bits per heavy atom. The summed E-state index contributed by atoms with van der Waals surface area (Å²) in [6, 6.07) is 0.141. The van der Waals surface area contributed by atoms with Crippen LogP contribution in [0.3, 0.4) is 0 Å². The van der Waals surface area contributed by atoms with E-state index < -0.39 is 5.97 Å². The minimum Gasteiger partial charge on any atom is -0.477 e. The Kier molecular flexibility index (Phi) is 2.66. The molecule has 2 fully saturated rings. The maximum atomic E-state index is 12.0. The van der Waals surface area contributed by atoms with Crippen LogP contribution in [-0.2, 0) is 9.59 Å². The molecular weight excluding hydrogens is 234 g/mol. The molecule has 0 radical (unpaired) electrons. The smallest absolute Gasteiger partial charge is 0.352 e. The van der Waals surface area contributed by atoms with Gasteiger partial charge in [0.25, 0.3) is 0 Å². The third kappa shape index (κ3) is 1.43. The van der Waals surface area contributed by atoms with Gasteiger partial charge in [0.15, 0.2) is 5.78 Å². The lowest BCUT2D eigenvalue weighted by atomic mass is 9.73. The molecule has 0 spiro atoms. The van der Waals surface area contributed by atoms with Crippen molar-refractivity contribution in [3.8, 4) is 0 Å². The van der Waals surface area contributed by atoms with Crippen LogP contribution in [0.5, 0.6) is 0 Å². The molecular formula is C13H17NO4. The van der Waals surface area contributed by atoms with E-state index in [1.54, 1.807) is 0 Å². The van der Waals surface area contributed by atoms with Crippen LogP contribution in [0.2, 0.25) is 0 Å². The van der Waals surface area contributed by atoms with Gasteiger partial charge in [-0.25, -0.2) is 4.79 Å².